The SMILES string of the molecule is N#Cc1ccc(OCC2CC(N)C2)cc1F. The first kappa shape index (κ1) is 10.9. The molecule has 1 fully saturated rings. The van der Waals surface area contributed by atoms with E-state index in [1.807, 2.05) is 0 Å². The third kappa shape index (κ3) is 2.31. The van der Waals surface area contributed by atoms with Crippen molar-refractivity contribution in [3.8, 4) is 11.8 Å². The van der Waals surface area contributed by atoms with E-state index in [-0.39, 0.29) is 5.56 Å². The van der Waals surface area contributed by atoms with Crippen LogP contribution >= 0.6 is 0 Å². The number of hydrogen-bond donors (Lipinski definition) is 1. The third-order valence-electron chi connectivity index (χ3n) is 2.82. The van der Waals surface area contributed by atoms with Crippen LogP contribution in [0, 0.1) is 23.1 Å². The lowest BCUT2D eigenvalue weighted by molar-refractivity contribution is 0.159. The van der Waals surface area contributed by atoms with Gasteiger partial charge in [0.05, 0.1) is 12.2 Å². The zero-order valence-corrected chi connectivity index (χ0v) is 8.82. The molecule has 0 radical (unpaired) electrons. The monoisotopic (exact) mass is 220 g/mol. The van der Waals surface area contributed by atoms with Crippen molar-refractivity contribution in [2.24, 2.45) is 11.7 Å². The highest BCUT2D eigenvalue weighted by Crippen LogP contribution is 2.26. The summed E-state index contributed by atoms with van der Waals surface area (Å²) >= 11 is 0. The van der Waals surface area contributed by atoms with Crippen LogP contribution in [0.1, 0.15) is 18.4 Å². The number of rotatable bonds is 3. The molecule has 1 aromatic carbocycles. The van der Waals surface area contributed by atoms with Crippen molar-refractivity contribution in [3.05, 3.63) is 29.6 Å². The van der Waals surface area contributed by atoms with Gasteiger partial charge < -0.3 is 10.5 Å². The van der Waals surface area contributed by atoms with Crippen molar-refractivity contribution >= 4 is 0 Å². The van der Waals surface area contributed by atoms with Gasteiger partial charge >= 0.3 is 0 Å². The fraction of sp³-hybridized carbons (Fsp3) is 0.417. The van der Waals surface area contributed by atoms with E-state index in [2.05, 4.69) is 0 Å². The predicted octanol–water partition coefficient (Wildman–Crippen LogP) is 1.81. The molecule has 0 aliphatic heterocycles. The molecule has 2 rings (SSSR count). The van der Waals surface area contributed by atoms with E-state index < -0.39 is 5.82 Å². The summed E-state index contributed by atoms with van der Waals surface area (Å²) in [6.45, 7) is 0.568. The number of ether oxygens (including phenoxy) is 1. The second kappa shape index (κ2) is 4.50. The van der Waals surface area contributed by atoms with Gasteiger partial charge in [0.25, 0.3) is 0 Å². The molecule has 84 valence electrons. The van der Waals surface area contributed by atoms with Crippen LogP contribution in [0.25, 0.3) is 0 Å². The normalized spacial score (nSPS) is 23.3. The third-order valence-corrected chi connectivity index (χ3v) is 2.82. The van der Waals surface area contributed by atoms with E-state index in [9.17, 15) is 4.39 Å². The zero-order valence-electron chi connectivity index (χ0n) is 8.82. The first-order valence-electron chi connectivity index (χ1n) is 5.27. The summed E-state index contributed by atoms with van der Waals surface area (Å²) in [6, 6.07) is 6.35. The summed E-state index contributed by atoms with van der Waals surface area (Å²) in [5.74, 6) is 0.413. The molecule has 0 saturated heterocycles. The molecule has 1 aromatic rings. The van der Waals surface area contributed by atoms with Gasteiger partial charge in [-0.25, -0.2) is 4.39 Å². The minimum absolute atomic E-state index is 0.0398. The molecular formula is C12H13FN2O. The van der Waals surface area contributed by atoms with Crippen molar-refractivity contribution in [1.82, 2.24) is 0 Å². The van der Waals surface area contributed by atoms with E-state index >= 15 is 0 Å². The number of hydrogen-bond acceptors (Lipinski definition) is 3. The molecule has 0 aromatic heterocycles. The second-order valence-corrected chi connectivity index (χ2v) is 4.16. The summed E-state index contributed by atoms with van der Waals surface area (Å²) in [4.78, 5) is 0. The highest BCUT2D eigenvalue weighted by molar-refractivity contribution is 5.36. The van der Waals surface area contributed by atoms with Crippen LogP contribution < -0.4 is 10.5 Å². The van der Waals surface area contributed by atoms with Crippen molar-refractivity contribution in [3.63, 3.8) is 0 Å². The molecule has 4 heteroatoms. The standard InChI is InChI=1S/C12H13FN2O/c13-12-5-11(2-1-9(12)6-14)16-7-8-3-10(15)4-8/h1-2,5,8,10H,3-4,7,15H2. The average Bonchev–Trinajstić information content (AvgIpc) is 2.23. The number of nitriles is 1. The van der Waals surface area contributed by atoms with Gasteiger partial charge in [0, 0.05) is 12.1 Å². The van der Waals surface area contributed by atoms with Crippen LogP contribution in [0.4, 0.5) is 4.39 Å². The van der Waals surface area contributed by atoms with Crippen molar-refractivity contribution in [2.75, 3.05) is 6.61 Å². The zero-order chi connectivity index (χ0) is 11.5. The Bertz CT molecular complexity index is 422. The maximum Gasteiger partial charge on any atom is 0.144 e. The van der Waals surface area contributed by atoms with Crippen LogP contribution in [0.5, 0.6) is 5.75 Å². The predicted molar refractivity (Wildman–Crippen MR) is 57.3 cm³/mol. The number of nitrogens with two attached hydrogens (primary N) is 1. The van der Waals surface area contributed by atoms with Gasteiger partial charge in [-0.3, -0.25) is 0 Å². The Hall–Kier alpha value is -1.60. The number of benzene rings is 1. The van der Waals surface area contributed by atoms with E-state index in [1.54, 1.807) is 12.1 Å². The molecule has 0 unspecified atom stereocenters. The fourth-order valence-corrected chi connectivity index (χ4v) is 1.81. The van der Waals surface area contributed by atoms with Gasteiger partial charge in [0.2, 0.25) is 0 Å². The molecule has 0 amide bonds. The molecule has 1 aliphatic rings. The minimum atomic E-state index is -0.537. The van der Waals surface area contributed by atoms with Crippen LogP contribution in [-0.4, -0.2) is 12.6 Å². The van der Waals surface area contributed by atoms with E-state index in [4.69, 9.17) is 15.7 Å². The Morgan fingerprint density at radius 1 is 1.50 bits per heavy atom. The molecule has 0 heterocycles. The Balaban J connectivity index is 1.90. The van der Waals surface area contributed by atoms with Crippen LogP contribution in [0.3, 0.4) is 0 Å². The lowest BCUT2D eigenvalue weighted by atomic mass is 9.82. The first-order chi connectivity index (χ1) is 7.69. The quantitative estimate of drug-likeness (QED) is 0.845. The first-order valence-corrected chi connectivity index (χ1v) is 5.27. The van der Waals surface area contributed by atoms with Gasteiger partial charge in [-0.1, -0.05) is 0 Å². The molecule has 0 spiro atoms. The molecule has 0 bridgehead atoms. The second-order valence-electron chi connectivity index (χ2n) is 4.16. The molecule has 2 N–H and O–H groups in total. The lowest BCUT2D eigenvalue weighted by Crippen LogP contribution is -2.39. The molecule has 1 aliphatic carbocycles. The number of halogens is 1. The Morgan fingerprint density at radius 2 is 2.25 bits per heavy atom. The van der Waals surface area contributed by atoms with Crippen molar-refractivity contribution in [1.29, 1.82) is 5.26 Å². The molecular weight excluding hydrogens is 207 g/mol. The van der Waals surface area contributed by atoms with Gasteiger partial charge in [-0.15, -0.1) is 0 Å². The highest BCUT2D eigenvalue weighted by Gasteiger charge is 2.26. The molecule has 1 saturated carbocycles. The van der Waals surface area contributed by atoms with Crippen LogP contribution in [0.15, 0.2) is 18.2 Å². The fourth-order valence-electron chi connectivity index (χ4n) is 1.81. The van der Waals surface area contributed by atoms with E-state index in [1.165, 1.54) is 12.1 Å². The van der Waals surface area contributed by atoms with Crippen molar-refractivity contribution < 1.29 is 9.13 Å². The molecule has 16 heavy (non-hydrogen) atoms. The maximum absolute atomic E-state index is 13.2. The van der Waals surface area contributed by atoms with Gasteiger partial charge in [0.15, 0.2) is 0 Å². The minimum Gasteiger partial charge on any atom is -0.493 e. The Morgan fingerprint density at radius 3 is 2.81 bits per heavy atom. The Labute approximate surface area is 93.6 Å². The van der Waals surface area contributed by atoms with Gasteiger partial charge in [-0.05, 0) is 30.9 Å². The largest absolute Gasteiger partial charge is 0.493 e. The summed E-state index contributed by atoms with van der Waals surface area (Å²) in [5.41, 5.74) is 5.69. The lowest BCUT2D eigenvalue weighted by Gasteiger charge is -2.32. The van der Waals surface area contributed by atoms with E-state index in [0.717, 1.165) is 12.8 Å². The average molecular weight is 220 g/mol. The van der Waals surface area contributed by atoms with Gasteiger partial charge in [0.1, 0.15) is 17.6 Å². The summed E-state index contributed by atoms with van der Waals surface area (Å²) in [5, 5.41) is 8.56. The highest BCUT2D eigenvalue weighted by atomic mass is 19.1. The van der Waals surface area contributed by atoms with E-state index in [0.29, 0.717) is 24.3 Å². The summed E-state index contributed by atoms with van der Waals surface area (Å²) < 4.78 is 18.6. The topological polar surface area (TPSA) is 59.0 Å². The molecule has 3 nitrogen and oxygen atoms in total. The van der Waals surface area contributed by atoms with Crippen LogP contribution in [-0.2, 0) is 0 Å². The van der Waals surface area contributed by atoms with Crippen molar-refractivity contribution in [2.45, 2.75) is 18.9 Å². The Kier molecular flexibility index (Phi) is 3.07. The maximum atomic E-state index is 13.2. The van der Waals surface area contributed by atoms with Gasteiger partial charge in [-0.2, -0.15) is 5.26 Å². The summed E-state index contributed by atoms with van der Waals surface area (Å²) in [6.07, 6.45) is 1.94. The number of nitrogens with zero attached hydrogens (tertiary/aromatic N) is 1. The van der Waals surface area contributed by atoms with Crippen LogP contribution in [0.2, 0.25) is 0 Å². The summed E-state index contributed by atoms with van der Waals surface area (Å²) in [7, 11) is 0. The molecule has 0 atom stereocenters. The smallest absolute Gasteiger partial charge is 0.144 e.